The van der Waals surface area contributed by atoms with E-state index in [0.717, 1.165) is 23.7 Å². The summed E-state index contributed by atoms with van der Waals surface area (Å²) < 4.78 is 7.08. The Morgan fingerprint density at radius 1 is 1.35 bits per heavy atom. The van der Waals surface area contributed by atoms with Crippen molar-refractivity contribution in [3.63, 3.8) is 0 Å². The highest BCUT2D eigenvalue weighted by molar-refractivity contribution is 6.31. The van der Waals surface area contributed by atoms with Gasteiger partial charge in [-0.05, 0) is 13.5 Å². The first-order valence-electron chi connectivity index (χ1n) is 7.62. The van der Waals surface area contributed by atoms with Crippen LogP contribution in [0.5, 0.6) is 0 Å². The van der Waals surface area contributed by atoms with Crippen LogP contribution in [0.25, 0.3) is 0 Å². The zero-order chi connectivity index (χ0) is 14.8. The minimum Gasteiger partial charge on any atom is -0.383 e. The number of nitrogens with zero attached hydrogens (tertiary/aromatic N) is 2. The summed E-state index contributed by atoms with van der Waals surface area (Å²) in [6, 6.07) is 0.267. The molecule has 0 saturated carbocycles. The van der Waals surface area contributed by atoms with Gasteiger partial charge in [-0.2, -0.15) is 5.10 Å². The highest BCUT2D eigenvalue weighted by Gasteiger charge is 2.18. The Balaban J connectivity index is 2.57. The van der Waals surface area contributed by atoms with Crippen molar-refractivity contribution < 1.29 is 4.74 Å². The summed E-state index contributed by atoms with van der Waals surface area (Å²) >= 11 is 6.30. The van der Waals surface area contributed by atoms with E-state index in [1.54, 1.807) is 13.3 Å². The number of ether oxygens (including phenoxy) is 1. The second kappa shape index (κ2) is 10.2. The fourth-order valence-corrected chi connectivity index (χ4v) is 2.72. The zero-order valence-corrected chi connectivity index (χ0v) is 13.7. The molecule has 0 fully saturated rings. The molecule has 4 nitrogen and oxygen atoms in total. The van der Waals surface area contributed by atoms with Gasteiger partial charge in [0.1, 0.15) is 0 Å². The van der Waals surface area contributed by atoms with Crippen LogP contribution in [0.3, 0.4) is 0 Å². The molecule has 5 heteroatoms. The van der Waals surface area contributed by atoms with Crippen LogP contribution in [-0.4, -0.2) is 30.5 Å². The lowest BCUT2D eigenvalue weighted by Gasteiger charge is -2.18. The summed E-state index contributed by atoms with van der Waals surface area (Å²) in [5, 5.41) is 8.46. The van der Waals surface area contributed by atoms with Crippen molar-refractivity contribution in [2.24, 2.45) is 0 Å². The first kappa shape index (κ1) is 17.5. The fraction of sp³-hybridized carbons (Fsp3) is 0.800. The standard InChI is InChI=1S/C15H28ClN3O/c1-4-5-6-7-8-9-14(17-2)15-13(16)12-18-19(15)10-11-20-3/h12,14,17H,4-11H2,1-3H3. The van der Waals surface area contributed by atoms with Crippen LogP contribution in [-0.2, 0) is 11.3 Å². The van der Waals surface area contributed by atoms with Gasteiger partial charge < -0.3 is 10.1 Å². The van der Waals surface area contributed by atoms with Gasteiger partial charge in [-0.3, -0.25) is 4.68 Å². The summed E-state index contributed by atoms with van der Waals surface area (Å²) in [6.07, 6.45) is 9.27. The second-order valence-electron chi connectivity index (χ2n) is 5.14. The minimum atomic E-state index is 0.267. The van der Waals surface area contributed by atoms with Crippen LogP contribution in [0.15, 0.2) is 6.20 Å². The summed E-state index contributed by atoms with van der Waals surface area (Å²) in [5.74, 6) is 0. The number of hydrogen-bond donors (Lipinski definition) is 1. The van der Waals surface area contributed by atoms with E-state index in [0.29, 0.717) is 6.61 Å². The Morgan fingerprint density at radius 3 is 2.75 bits per heavy atom. The van der Waals surface area contributed by atoms with Gasteiger partial charge in [-0.15, -0.1) is 0 Å². The van der Waals surface area contributed by atoms with Crippen molar-refractivity contribution in [1.82, 2.24) is 15.1 Å². The quantitative estimate of drug-likeness (QED) is 0.632. The Hall–Kier alpha value is -0.580. The molecule has 20 heavy (non-hydrogen) atoms. The van der Waals surface area contributed by atoms with Gasteiger partial charge in [0, 0.05) is 7.11 Å². The lowest BCUT2D eigenvalue weighted by Crippen LogP contribution is -2.22. The number of hydrogen-bond acceptors (Lipinski definition) is 3. The van der Waals surface area contributed by atoms with Gasteiger partial charge in [-0.25, -0.2) is 0 Å². The molecule has 1 aromatic heterocycles. The molecule has 0 spiro atoms. The van der Waals surface area contributed by atoms with E-state index >= 15 is 0 Å². The topological polar surface area (TPSA) is 39.1 Å². The molecule has 1 heterocycles. The Morgan fingerprint density at radius 2 is 2.10 bits per heavy atom. The molecule has 0 bridgehead atoms. The Bertz CT molecular complexity index is 368. The number of halogens is 1. The molecule has 0 radical (unpaired) electrons. The van der Waals surface area contributed by atoms with E-state index in [9.17, 15) is 0 Å². The van der Waals surface area contributed by atoms with Crippen LogP contribution >= 0.6 is 11.6 Å². The maximum absolute atomic E-state index is 6.30. The second-order valence-corrected chi connectivity index (χ2v) is 5.55. The highest BCUT2D eigenvalue weighted by atomic mass is 35.5. The molecule has 1 rings (SSSR count). The van der Waals surface area contributed by atoms with Crippen molar-refractivity contribution in [2.45, 2.75) is 58.0 Å². The number of rotatable bonds is 11. The summed E-state index contributed by atoms with van der Waals surface area (Å²) in [4.78, 5) is 0. The number of unbranched alkanes of at least 4 members (excludes halogenated alkanes) is 4. The Labute approximate surface area is 127 Å². The normalized spacial score (nSPS) is 12.8. The molecular formula is C15H28ClN3O. The van der Waals surface area contributed by atoms with Crippen LogP contribution < -0.4 is 5.32 Å². The monoisotopic (exact) mass is 301 g/mol. The predicted octanol–water partition coefficient (Wildman–Crippen LogP) is 3.80. The maximum Gasteiger partial charge on any atom is 0.0834 e. The smallest absolute Gasteiger partial charge is 0.0834 e. The van der Waals surface area contributed by atoms with E-state index < -0.39 is 0 Å². The molecule has 1 N–H and O–H groups in total. The summed E-state index contributed by atoms with van der Waals surface area (Å²) in [7, 11) is 3.69. The van der Waals surface area contributed by atoms with E-state index in [-0.39, 0.29) is 6.04 Å². The average molecular weight is 302 g/mol. The molecular weight excluding hydrogens is 274 g/mol. The lowest BCUT2D eigenvalue weighted by molar-refractivity contribution is 0.181. The van der Waals surface area contributed by atoms with Crippen molar-refractivity contribution in [1.29, 1.82) is 0 Å². The third-order valence-corrected chi connectivity index (χ3v) is 3.91. The number of methoxy groups -OCH3 is 1. The molecule has 1 unspecified atom stereocenters. The molecule has 0 aromatic carbocycles. The van der Waals surface area contributed by atoms with E-state index in [1.807, 2.05) is 11.7 Å². The number of aromatic nitrogens is 2. The average Bonchev–Trinajstić information content (AvgIpc) is 2.82. The van der Waals surface area contributed by atoms with Crippen LogP contribution in [0, 0.1) is 0 Å². The van der Waals surface area contributed by atoms with E-state index in [1.165, 1.54) is 32.1 Å². The van der Waals surface area contributed by atoms with Crippen molar-refractivity contribution in [3.05, 3.63) is 16.9 Å². The van der Waals surface area contributed by atoms with Crippen molar-refractivity contribution in [3.8, 4) is 0 Å². The summed E-state index contributed by atoms with van der Waals surface area (Å²) in [5.41, 5.74) is 1.08. The molecule has 0 aliphatic heterocycles. The molecule has 1 atom stereocenters. The van der Waals surface area contributed by atoms with Gasteiger partial charge in [0.15, 0.2) is 0 Å². The van der Waals surface area contributed by atoms with Gasteiger partial charge >= 0.3 is 0 Å². The van der Waals surface area contributed by atoms with Crippen LogP contribution in [0.2, 0.25) is 5.02 Å². The van der Waals surface area contributed by atoms with Gasteiger partial charge in [0.05, 0.1) is 36.1 Å². The fourth-order valence-electron chi connectivity index (χ4n) is 2.44. The maximum atomic E-state index is 6.30. The van der Waals surface area contributed by atoms with Gasteiger partial charge in [0.25, 0.3) is 0 Å². The molecule has 116 valence electrons. The summed E-state index contributed by atoms with van der Waals surface area (Å²) in [6.45, 7) is 3.63. The molecule has 0 saturated heterocycles. The largest absolute Gasteiger partial charge is 0.383 e. The number of nitrogens with one attached hydrogen (secondary N) is 1. The highest BCUT2D eigenvalue weighted by Crippen LogP contribution is 2.26. The van der Waals surface area contributed by atoms with E-state index in [2.05, 4.69) is 17.3 Å². The molecule has 0 aliphatic carbocycles. The van der Waals surface area contributed by atoms with Gasteiger partial charge in [-0.1, -0.05) is 50.6 Å². The first-order chi connectivity index (χ1) is 9.74. The Kier molecular flexibility index (Phi) is 8.90. The SMILES string of the molecule is CCCCCCCC(NC)c1c(Cl)cnn1CCOC. The van der Waals surface area contributed by atoms with Crippen LogP contribution in [0.4, 0.5) is 0 Å². The minimum absolute atomic E-state index is 0.267. The van der Waals surface area contributed by atoms with Crippen molar-refractivity contribution >= 4 is 11.6 Å². The zero-order valence-electron chi connectivity index (χ0n) is 13.0. The van der Waals surface area contributed by atoms with Crippen molar-refractivity contribution in [2.75, 3.05) is 20.8 Å². The van der Waals surface area contributed by atoms with Gasteiger partial charge in [0.2, 0.25) is 0 Å². The predicted molar refractivity (Wildman–Crippen MR) is 84.3 cm³/mol. The van der Waals surface area contributed by atoms with Crippen LogP contribution in [0.1, 0.15) is 57.2 Å². The van der Waals surface area contributed by atoms with E-state index in [4.69, 9.17) is 16.3 Å². The lowest BCUT2D eigenvalue weighted by atomic mass is 10.0. The first-order valence-corrected chi connectivity index (χ1v) is 7.99. The molecule has 0 aliphatic rings. The third-order valence-electron chi connectivity index (χ3n) is 3.62. The molecule has 0 amide bonds. The molecule has 1 aromatic rings. The third kappa shape index (κ3) is 5.43.